The van der Waals surface area contributed by atoms with Gasteiger partial charge in [-0.3, -0.25) is 18.9 Å². The zero-order valence-electron chi connectivity index (χ0n) is 13.1. The smallest absolute Gasteiger partial charge is 0.277 e. The van der Waals surface area contributed by atoms with E-state index in [9.17, 15) is 9.18 Å². The normalized spacial score (nSPS) is 18.4. The highest BCUT2D eigenvalue weighted by Crippen LogP contribution is 2.19. The van der Waals surface area contributed by atoms with Crippen LogP contribution in [0.5, 0.6) is 5.75 Å². The summed E-state index contributed by atoms with van der Waals surface area (Å²) in [5.41, 5.74) is 0.549. The summed E-state index contributed by atoms with van der Waals surface area (Å²) >= 11 is 0. The molecule has 1 fully saturated rings. The van der Waals surface area contributed by atoms with E-state index in [-0.39, 0.29) is 18.7 Å². The molecular formula is C16H23FN2O3. The van der Waals surface area contributed by atoms with Gasteiger partial charge >= 0.3 is 0 Å². The first-order chi connectivity index (χ1) is 10.6. The maximum atomic E-state index is 12.2. The molecule has 1 aromatic rings. The predicted molar refractivity (Wildman–Crippen MR) is 81.6 cm³/mol. The van der Waals surface area contributed by atoms with Crippen molar-refractivity contribution >= 4 is 5.91 Å². The molecular weight excluding hydrogens is 287 g/mol. The molecule has 1 aliphatic heterocycles. The van der Waals surface area contributed by atoms with Crippen molar-refractivity contribution < 1.29 is 18.8 Å². The van der Waals surface area contributed by atoms with Gasteiger partial charge in [0, 0.05) is 32.2 Å². The summed E-state index contributed by atoms with van der Waals surface area (Å²) in [5.74, 6) is 0.543. The van der Waals surface area contributed by atoms with Crippen LogP contribution in [-0.2, 0) is 4.84 Å². The van der Waals surface area contributed by atoms with Gasteiger partial charge in [-0.1, -0.05) is 0 Å². The number of likely N-dealkylation sites (tertiary alicyclic amines) is 1. The van der Waals surface area contributed by atoms with Crippen LogP contribution in [0.4, 0.5) is 4.39 Å². The first-order valence-electron chi connectivity index (χ1n) is 7.51. The van der Waals surface area contributed by atoms with Gasteiger partial charge < -0.3 is 4.74 Å². The molecule has 1 amide bonds. The minimum absolute atomic E-state index is 0.128. The Kier molecular flexibility index (Phi) is 6.15. The van der Waals surface area contributed by atoms with Crippen LogP contribution in [-0.4, -0.2) is 62.4 Å². The third-order valence-electron chi connectivity index (χ3n) is 3.80. The van der Waals surface area contributed by atoms with Crippen LogP contribution in [0.1, 0.15) is 23.2 Å². The highest BCUT2D eigenvalue weighted by molar-refractivity contribution is 5.93. The number of hydroxylamine groups is 2. The second-order valence-corrected chi connectivity index (χ2v) is 5.38. The fourth-order valence-corrected chi connectivity index (χ4v) is 2.51. The topological polar surface area (TPSA) is 42.0 Å². The van der Waals surface area contributed by atoms with Crippen molar-refractivity contribution in [1.82, 2.24) is 9.96 Å². The molecule has 0 radical (unpaired) electrons. The maximum Gasteiger partial charge on any atom is 0.277 e. The molecule has 0 unspecified atom stereocenters. The lowest BCUT2D eigenvalue weighted by molar-refractivity contribution is -0.0757. The quantitative estimate of drug-likeness (QED) is 0.724. The van der Waals surface area contributed by atoms with Crippen molar-refractivity contribution in [3.05, 3.63) is 29.8 Å². The number of nitrogens with zero attached hydrogens (tertiary/aromatic N) is 2. The van der Waals surface area contributed by atoms with Crippen LogP contribution in [0.25, 0.3) is 0 Å². The summed E-state index contributed by atoms with van der Waals surface area (Å²) in [6.45, 7) is 2.29. The van der Waals surface area contributed by atoms with Crippen molar-refractivity contribution in [2.75, 3.05) is 40.5 Å². The Labute approximate surface area is 130 Å². The summed E-state index contributed by atoms with van der Waals surface area (Å²) in [5, 5.41) is 1.18. The van der Waals surface area contributed by atoms with Crippen molar-refractivity contribution in [2.24, 2.45) is 0 Å². The van der Waals surface area contributed by atoms with Gasteiger partial charge in [0.15, 0.2) is 0 Å². The number of amides is 1. The molecule has 0 aromatic heterocycles. The molecule has 0 spiro atoms. The van der Waals surface area contributed by atoms with Gasteiger partial charge in [-0.05, 0) is 37.1 Å². The van der Waals surface area contributed by atoms with Gasteiger partial charge in [0.25, 0.3) is 5.91 Å². The first-order valence-corrected chi connectivity index (χ1v) is 7.51. The Balaban J connectivity index is 1.86. The average Bonchev–Trinajstić information content (AvgIpc) is 2.99. The average molecular weight is 310 g/mol. The third kappa shape index (κ3) is 4.42. The Morgan fingerprint density at radius 2 is 2.14 bits per heavy atom. The van der Waals surface area contributed by atoms with E-state index in [4.69, 9.17) is 9.57 Å². The predicted octanol–water partition coefficient (Wildman–Crippen LogP) is 2.13. The van der Waals surface area contributed by atoms with E-state index in [1.54, 1.807) is 31.3 Å². The minimum Gasteiger partial charge on any atom is -0.489 e. The van der Waals surface area contributed by atoms with E-state index in [1.807, 2.05) is 0 Å². The second kappa shape index (κ2) is 8.10. The molecule has 122 valence electrons. The standard InChI is InChI=1S/C16H23FN2O3/c1-18(21-2)16(20)13-4-6-14(7-5-13)22-15-8-11-19(12-15)10-3-9-17/h4-7,15H,3,8-12H2,1-2H3/t15-/m0/s1. The van der Waals surface area contributed by atoms with Gasteiger partial charge in [0.05, 0.1) is 13.8 Å². The fraction of sp³-hybridized carbons (Fsp3) is 0.562. The Hall–Kier alpha value is -1.66. The van der Waals surface area contributed by atoms with Crippen molar-refractivity contribution in [3.63, 3.8) is 0 Å². The second-order valence-electron chi connectivity index (χ2n) is 5.38. The highest BCUT2D eigenvalue weighted by atomic mass is 19.1. The first kappa shape index (κ1) is 16.7. The number of hydrogen-bond acceptors (Lipinski definition) is 4. The van der Waals surface area contributed by atoms with Crippen LogP contribution in [0.15, 0.2) is 24.3 Å². The monoisotopic (exact) mass is 310 g/mol. The van der Waals surface area contributed by atoms with E-state index in [0.29, 0.717) is 12.0 Å². The van der Waals surface area contributed by atoms with Crippen LogP contribution in [0.3, 0.4) is 0 Å². The molecule has 0 bridgehead atoms. The molecule has 1 aromatic carbocycles. The third-order valence-corrected chi connectivity index (χ3v) is 3.80. The Bertz CT molecular complexity index is 481. The molecule has 0 saturated carbocycles. The van der Waals surface area contributed by atoms with Gasteiger partial charge in [-0.25, -0.2) is 5.06 Å². The summed E-state index contributed by atoms with van der Waals surface area (Å²) in [7, 11) is 3.02. The van der Waals surface area contributed by atoms with Crippen molar-refractivity contribution in [2.45, 2.75) is 18.9 Å². The summed E-state index contributed by atoms with van der Waals surface area (Å²) < 4.78 is 18.1. The molecule has 0 aliphatic carbocycles. The molecule has 1 aliphatic rings. The number of ether oxygens (including phenoxy) is 1. The van der Waals surface area contributed by atoms with Gasteiger partial charge in [-0.2, -0.15) is 0 Å². The van der Waals surface area contributed by atoms with Crippen molar-refractivity contribution in [1.29, 1.82) is 0 Å². The number of alkyl halides is 1. The number of rotatable bonds is 7. The van der Waals surface area contributed by atoms with E-state index < -0.39 is 0 Å². The van der Waals surface area contributed by atoms with Crippen LogP contribution >= 0.6 is 0 Å². The SMILES string of the molecule is CON(C)C(=O)c1ccc(O[C@H]2CCN(CCCF)C2)cc1. The summed E-state index contributed by atoms with van der Waals surface area (Å²) in [6.07, 6.45) is 1.65. The Morgan fingerprint density at radius 1 is 1.41 bits per heavy atom. The largest absolute Gasteiger partial charge is 0.489 e. The van der Waals surface area contributed by atoms with E-state index in [1.165, 1.54) is 12.2 Å². The van der Waals surface area contributed by atoms with E-state index in [2.05, 4.69) is 4.90 Å². The lowest BCUT2D eigenvalue weighted by Crippen LogP contribution is -2.26. The molecule has 6 heteroatoms. The van der Waals surface area contributed by atoms with Crippen LogP contribution in [0.2, 0.25) is 0 Å². The Morgan fingerprint density at radius 3 is 2.77 bits per heavy atom. The number of hydrogen-bond donors (Lipinski definition) is 0. The molecule has 0 N–H and O–H groups in total. The van der Waals surface area contributed by atoms with E-state index >= 15 is 0 Å². The molecule has 1 atom stereocenters. The highest BCUT2D eigenvalue weighted by Gasteiger charge is 2.23. The van der Waals surface area contributed by atoms with Gasteiger partial charge in [0.1, 0.15) is 11.9 Å². The molecule has 1 saturated heterocycles. The van der Waals surface area contributed by atoms with E-state index in [0.717, 1.165) is 31.8 Å². The summed E-state index contributed by atoms with van der Waals surface area (Å²) in [4.78, 5) is 19.0. The van der Waals surface area contributed by atoms with Crippen LogP contribution < -0.4 is 4.74 Å². The molecule has 1 heterocycles. The number of carbonyl (C=O) groups is 1. The number of halogens is 1. The molecule has 5 nitrogen and oxygen atoms in total. The lowest BCUT2D eigenvalue weighted by atomic mass is 10.2. The summed E-state index contributed by atoms with van der Waals surface area (Å²) in [6, 6.07) is 7.04. The fourth-order valence-electron chi connectivity index (χ4n) is 2.51. The lowest BCUT2D eigenvalue weighted by Gasteiger charge is -2.17. The minimum atomic E-state index is -0.270. The van der Waals surface area contributed by atoms with Gasteiger partial charge in [-0.15, -0.1) is 0 Å². The zero-order chi connectivity index (χ0) is 15.9. The number of carbonyl (C=O) groups excluding carboxylic acids is 1. The molecule has 22 heavy (non-hydrogen) atoms. The van der Waals surface area contributed by atoms with Gasteiger partial charge in [0.2, 0.25) is 0 Å². The van der Waals surface area contributed by atoms with Crippen molar-refractivity contribution in [3.8, 4) is 5.75 Å². The zero-order valence-corrected chi connectivity index (χ0v) is 13.1. The molecule has 2 rings (SSSR count). The van der Waals surface area contributed by atoms with Crippen LogP contribution in [0, 0.1) is 0 Å². The number of benzene rings is 1. The maximum absolute atomic E-state index is 12.2.